The van der Waals surface area contributed by atoms with Gasteiger partial charge in [-0.05, 0) is 30.7 Å². The third-order valence-electron chi connectivity index (χ3n) is 5.05. The van der Waals surface area contributed by atoms with Gasteiger partial charge in [-0.25, -0.2) is 18.1 Å². The van der Waals surface area contributed by atoms with Crippen LogP contribution < -0.4 is 35.1 Å². The van der Waals surface area contributed by atoms with E-state index in [1.807, 2.05) is 0 Å². The van der Waals surface area contributed by atoms with E-state index in [-0.39, 0.29) is 15.7 Å². The molecule has 0 amide bonds. The van der Waals surface area contributed by atoms with Gasteiger partial charge >= 0.3 is 0 Å². The molecule has 0 aliphatic rings. The van der Waals surface area contributed by atoms with Crippen LogP contribution in [0.25, 0.3) is 10.1 Å². The Kier molecular flexibility index (Phi) is 9.86. The Morgan fingerprint density at radius 1 is 1.16 bits per heavy atom. The summed E-state index contributed by atoms with van der Waals surface area (Å²) in [6.45, 7) is 3.93. The van der Waals surface area contributed by atoms with Crippen LogP contribution >= 0.6 is 18.9 Å². The van der Waals surface area contributed by atoms with Gasteiger partial charge in [0.05, 0.1) is 38.8 Å². The zero-order valence-corrected chi connectivity index (χ0v) is 22.8. The standard InChI is InChI=1S/C22H28N5O7PS2/c1-15-18-10-19(32-8-2-6-23)20(33-9-3-7-24)11-21(18)36-22(15)37(30,31)27-14-35(28,29)34-17-5-4-16(12-25)26-13-17/h4-5,10-11,13,27H,2-3,6-9,14,23-24H2,1H3,(H,28,29)/p+1. The van der Waals surface area contributed by atoms with Gasteiger partial charge in [0, 0.05) is 29.0 Å². The molecule has 0 fully saturated rings. The number of nitrogens with one attached hydrogen (secondary N) is 1. The van der Waals surface area contributed by atoms with Gasteiger partial charge in [-0.15, -0.1) is 11.3 Å². The topological polar surface area (TPSA) is 206 Å². The summed E-state index contributed by atoms with van der Waals surface area (Å²) in [5.41, 5.74) is 8.14. The lowest BCUT2D eigenvalue weighted by Crippen LogP contribution is -2.50. The van der Waals surface area contributed by atoms with Crippen LogP contribution in [0.2, 0.25) is 0 Å². The minimum absolute atomic E-state index is 0.0267. The van der Waals surface area contributed by atoms with E-state index < -0.39 is 23.9 Å². The number of fused-ring (bicyclic) bond motifs is 1. The molecule has 7 N–H and O–H groups in total. The fourth-order valence-electron chi connectivity index (χ4n) is 3.18. The van der Waals surface area contributed by atoms with E-state index in [0.29, 0.717) is 53.5 Å². The Morgan fingerprint density at radius 3 is 2.38 bits per heavy atom. The second-order valence-corrected chi connectivity index (χ2v) is 12.7. The van der Waals surface area contributed by atoms with E-state index in [9.17, 15) is 17.9 Å². The van der Waals surface area contributed by atoms with Crippen molar-refractivity contribution in [1.29, 1.82) is 5.26 Å². The molecule has 200 valence electrons. The number of rotatable bonds is 14. The average molecular weight is 571 g/mol. The average Bonchev–Trinajstić information content (AvgIpc) is 3.19. The quantitative estimate of drug-likeness (QED) is 0.180. The number of sulfonamides is 1. The molecule has 1 unspecified atom stereocenters. The van der Waals surface area contributed by atoms with E-state index in [1.165, 1.54) is 12.1 Å². The minimum Gasteiger partial charge on any atom is -0.768 e. The second kappa shape index (κ2) is 12.7. The summed E-state index contributed by atoms with van der Waals surface area (Å²) in [4.78, 5) is 16.1. The van der Waals surface area contributed by atoms with Crippen LogP contribution in [0, 0.1) is 18.3 Å². The maximum atomic E-state index is 13.1. The van der Waals surface area contributed by atoms with Crippen molar-refractivity contribution in [3.63, 3.8) is 0 Å². The molecule has 2 heterocycles. The van der Waals surface area contributed by atoms with Crippen molar-refractivity contribution in [3.8, 4) is 23.3 Å². The SMILES string of the molecule is Cc1c(S(=O)(=O)NCP(=O)([O-])Oc2ccc(C#N)nc2)sc2cc(OCCC[NH3+])c(OCCC[NH3+])cc12. The van der Waals surface area contributed by atoms with Crippen LogP contribution in [-0.2, 0) is 14.6 Å². The van der Waals surface area contributed by atoms with Gasteiger partial charge < -0.3 is 30.4 Å². The monoisotopic (exact) mass is 570 g/mol. The lowest BCUT2D eigenvalue weighted by atomic mass is 10.2. The number of nitrogens with zero attached hydrogens (tertiary/aromatic N) is 2. The van der Waals surface area contributed by atoms with Gasteiger partial charge in [0.25, 0.3) is 10.0 Å². The minimum atomic E-state index is -4.66. The summed E-state index contributed by atoms with van der Waals surface area (Å²) in [5.74, 6) is 0.861. The Labute approximate surface area is 218 Å². The molecule has 0 spiro atoms. The second-order valence-electron chi connectivity index (χ2n) is 7.92. The number of hydrogen-bond acceptors (Lipinski definition) is 10. The number of hydrogen-bond donors (Lipinski definition) is 3. The number of pyridine rings is 1. The number of quaternary nitrogens is 2. The highest BCUT2D eigenvalue weighted by atomic mass is 32.2. The molecule has 37 heavy (non-hydrogen) atoms. The summed E-state index contributed by atoms with van der Waals surface area (Å²) in [6, 6.07) is 7.82. The van der Waals surface area contributed by atoms with Crippen molar-refractivity contribution in [2.75, 3.05) is 32.6 Å². The molecule has 0 saturated heterocycles. The molecular weight excluding hydrogens is 541 g/mol. The lowest BCUT2D eigenvalue weighted by molar-refractivity contribution is -0.369. The van der Waals surface area contributed by atoms with Crippen LogP contribution in [0.1, 0.15) is 24.1 Å². The first-order valence-electron chi connectivity index (χ1n) is 11.4. The van der Waals surface area contributed by atoms with Gasteiger partial charge in [-0.3, -0.25) is 4.57 Å². The third-order valence-corrected chi connectivity index (χ3v) is 9.57. The fourth-order valence-corrected chi connectivity index (χ4v) is 7.46. The summed E-state index contributed by atoms with van der Waals surface area (Å²) < 4.78 is 57.9. The van der Waals surface area contributed by atoms with Gasteiger partial charge in [-0.2, -0.15) is 5.26 Å². The fraction of sp³-hybridized carbons (Fsp3) is 0.364. The molecule has 2 aromatic heterocycles. The first kappa shape index (κ1) is 28.8. The van der Waals surface area contributed by atoms with E-state index in [2.05, 4.69) is 21.2 Å². The van der Waals surface area contributed by atoms with Crippen molar-refractivity contribution in [2.45, 2.75) is 24.0 Å². The summed E-state index contributed by atoms with van der Waals surface area (Å²) >= 11 is 0.998. The Bertz CT molecular complexity index is 1420. The number of nitriles is 1. The predicted octanol–water partition coefficient (Wildman–Crippen LogP) is 0.366. The van der Waals surface area contributed by atoms with Crippen LogP contribution in [0.5, 0.6) is 17.2 Å². The molecule has 1 aromatic carbocycles. The normalized spacial score (nSPS) is 13.2. The molecular formula is C22H29N5O7PS2+. The van der Waals surface area contributed by atoms with Crippen molar-refractivity contribution in [3.05, 3.63) is 41.7 Å². The molecule has 0 aliphatic carbocycles. The van der Waals surface area contributed by atoms with E-state index >= 15 is 0 Å². The van der Waals surface area contributed by atoms with Gasteiger partial charge in [0.1, 0.15) is 21.7 Å². The number of aromatic nitrogens is 1. The molecule has 0 aliphatic heterocycles. The van der Waals surface area contributed by atoms with Crippen molar-refractivity contribution >= 4 is 39.0 Å². The predicted molar refractivity (Wildman–Crippen MR) is 135 cm³/mol. The molecule has 0 bridgehead atoms. The molecule has 3 aromatic rings. The van der Waals surface area contributed by atoms with Gasteiger partial charge in [-0.1, -0.05) is 0 Å². The van der Waals surface area contributed by atoms with Gasteiger partial charge in [0.15, 0.2) is 19.1 Å². The number of ether oxygens (including phenoxy) is 2. The Hall–Kier alpha value is -2.76. The summed E-state index contributed by atoms with van der Waals surface area (Å²) in [6.07, 6.45) is 1.60. The number of benzene rings is 1. The third kappa shape index (κ3) is 7.62. The van der Waals surface area contributed by atoms with Crippen LogP contribution in [-0.4, -0.2) is 46.0 Å². The largest absolute Gasteiger partial charge is 0.768 e. The molecule has 0 radical (unpaired) electrons. The highest BCUT2D eigenvalue weighted by Gasteiger charge is 2.25. The van der Waals surface area contributed by atoms with E-state index in [0.717, 1.165) is 30.4 Å². The van der Waals surface area contributed by atoms with Crippen LogP contribution in [0.4, 0.5) is 0 Å². The van der Waals surface area contributed by atoms with E-state index in [1.54, 1.807) is 25.1 Å². The zero-order valence-electron chi connectivity index (χ0n) is 20.3. The maximum absolute atomic E-state index is 13.1. The number of aryl methyl sites for hydroxylation is 1. The summed E-state index contributed by atoms with van der Waals surface area (Å²) in [5, 5.41) is 9.44. The first-order chi connectivity index (χ1) is 17.6. The number of thiophene rings is 1. The molecule has 1 atom stereocenters. The molecule has 0 saturated carbocycles. The van der Waals surface area contributed by atoms with Crippen LogP contribution in [0.15, 0.2) is 34.7 Å². The van der Waals surface area contributed by atoms with Crippen molar-refractivity contribution < 1.29 is 43.3 Å². The first-order valence-corrected chi connectivity index (χ1v) is 15.4. The summed E-state index contributed by atoms with van der Waals surface area (Å²) in [7, 11) is -8.86. The van der Waals surface area contributed by atoms with Crippen molar-refractivity contribution in [1.82, 2.24) is 9.71 Å². The van der Waals surface area contributed by atoms with Crippen molar-refractivity contribution in [2.24, 2.45) is 0 Å². The lowest BCUT2D eigenvalue weighted by Gasteiger charge is -2.23. The van der Waals surface area contributed by atoms with Crippen LogP contribution in [0.3, 0.4) is 0 Å². The Morgan fingerprint density at radius 2 is 1.81 bits per heavy atom. The Balaban J connectivity index is 1.82. The zero-order chi connectivity index (χ0) is 27.1. The molecule has 12 nitrogen and oxygen atoms in total. The maximum Gasteiger partial charge on any atom is 0.250 e. The molecule has 15 heteroatoms. The van der Waals surface area contributed by atoms with Gasteiger partial charge in [0.2, 0.25) is 0 Å². The molecule has 3 rings (SSSR count). The van der Waals surface area contributed by atoms with E-state index in [4.69, 9.17) is 19.3 Å². The highest BCUT2D eigenvalue weighted by molar-refractivity contribution is 7.92. The highest BCUT2D eigenvalue weighted by Crippen LogP contribution is 2.42. The smallest absolute Gasteiger partial charge is 0.250 e.